The van der Waals surface area contributed by atoms with E-state index in [0.29, 0.717) is 17.9 Å². The second kappa shape index (κ2) is 9.19. The largest absolute Gasteiger partial charge is 0.487 e. The molecule has 168 valence electrons. The van der Waals surface area contributed by atoms with Crippen LogP contribution in [0.3, 0.4) is 0 Å². The molecule has 0 saturated heterocycles. The number of carbonyl (C=O) groups is 1. The number of aromatic nitrogens is 3. The van der Waals surface area contributed by atoms with Gasteiger partial charge in [-0.2, -0.15) is 0 Å². The van der Waals surface area contributed by atoms with Gasteiger partial charge >= 0.3 is 0 Å². The Morgan fingerprint density at radius 2 is 1.74 bits per heavy atom. The van der Waals surface area contributed by atoms with Gasteiger partial charge in [0.1, 0.15) is 18.2 Å². The van der Waals surface area contributed by atoms with Crippen molar-refractivity contribution in [2.45, 2.75) is 20.5 Å². The molecule has 6 heteroatoms. The number of anilines is 1. The third kappa shape index (κ3) is 4.52. The van der Waals surface area contributed by atoms with E-state index in [1.807, 2.05) is 62.4 Å². The minimum Gasteiger partial charge on any atom is -0.487 e. The molecule has 0 radical (unpaired) electrons. The number of hydrogen-bond acceptors (Lipinski definition) is 4. The highest BCUT2D eigenvalue weighted by molar-refractivity contribution is 6.05. The van der Waals surface area contributed by atoms with E-state index in [4.69, 9.17) is 9.72 Å². The number of amides is 1. The fourth-order valence-electron chi connectivity index (χ4n) is 3.86. The molecule has 0 fully saturated rings. The average Bonchev–Trinajstić information content (AvgIpc) is 3.29. The molecule has 0 aliphatic rings. The van der Waals surface area contributed by atoms with Crippen LogP contribution in [0.15, 0.2) is 85.1 Å². The van der Waals surface area contributed by atoms with E-state index >= 15 is 0 Å². The van der Waals surface area contributed by atoms with Crippen LogP contribution < -0.4 is 10.1 Å². The molecule has 3 aromatic carbocycles. The van der Waals surface area contributed by atoms with Crippen LogP contribution in [0.5, 0.6) is 5.75 Å². The van der Waals surface area contributed by atoms with Crippen LogP contribution in [0, 0.1) is 13.8 Å². The molecule has 0 unspecified atom stereocenters. The molecular formula is C28H24N4O2. The van der Waals surface area contributed by atoms with Gasteiger partial charge in [0.25, 0.3) is 5.91 Å². The first-order chi connectivity index (χ1) is 16.6. The summed E-state index contributed by atoms with van der Waals surface area (Å²) < 4.78 is 5.76. The van der Waals surface area contributed by atoms with Gasteiger partial charge in [0.15, 0.2) is 0 Å². The minimum absolute atomic E-state index is 0.182. The van der Waals surface area contributed by atoms with Crippen molar-refractivity contribution < 1.29 is 9.53 Å². The van der Waals surface area contributed by atoms with Crippen LogP contribution in [-0.2, 0) is 6.61 Å². The molecule has 0 atom stereocenters. The smallest absolute Gasteiger partial charge is 0.255 e. The van der Waals surface area contributed by atoms with Crippen molar-refractivity contribution in [3.63, 3.8) is 0 Å². The number of para-hydroxylation sites is 2. The summed E-state index contributed by atoms with van der Waals surface area (Å²) in [6.07, 6.45) is 1.73. The maximum atomic E-state index is 12.9. The zero-order valence-corrected chi connectivity index (χ0v) is 19.0. The Balaban J connectivity index is 1.32. The van der Waals surface area contributed by atoms with E-state index < -0.39 is 0 Å². The van der Waals surface area contributed by atoms with Crippen molar-refractivity contribution in [2.24, 2.45) is 0 Å². The van der Waals surface area contributed by atoms with Gasteiger partial charge in [-0.05, 0) is 79.6 Å². The zero-order chi connectivity index (χ0) is 23.5. The zero-order valence-electron chi connectivity index (χ0n) is 19.0. The number of aryl methyl sites for hydroxylation is 2. The quantitative estimate of drug-likeness (QED) is 0.330. The van der Waals surface area contributed by atoms with Crippen molar-refractivity contribution in [2.75, 3.05) is 5.32 Å². The lowest BCUT2D eigenvalue weighted by atomic mass is 10.0. The highest BCUT2D eigenvalue weighted by atomic mass is 16.5. The average molecular weight is 449 g/mol. The molecule has 34 heavy (non-hydrogen) atoms. The highest BCUT2D eigenvalue weighted by Gasteiger charge is 2.14. The van der Waals surface area contributed by atoms with Gasteiger partial charge in [0, 0.05) is 23.0 Å². The molecule has 5 aromatic rings. The minimum atomic E-state index is -0.182. The van der Waals surface area contributed by atoms with Crippen molar-refractivity contribution in [3.8, 4) is 17.1 Å². The van der Waals surface area contributed by atoms with Crippen molar-refractivity contribution >= 4 is 22.6 Å². The Morgan fingerprint density at radius 1 is 0.941 bits per heavy atom. The van der Waals surface area contributed by atoms with Crippen LogP contribution >= 0.6 is 0 Å². The molecule has 1 amide bonds. The summed E-state index contributed by atoms with van der Waals surface area (Å²) in [4.78, 5) is 25.3. The fourth-order valence-corrected chi connectivity index (χ4v) is 3.86. The number of rotatable bonds is 6. The Kier molecular flexibility index (Phi) is 5.79. The summed E-state index contributed by atoms with van der Waals surface area (Å²) in [6.45, 7) is 4.41. The van der Waals surface area contributed by atoms with Crippen LogP contribution in [0.1, 0.15) is 27.2 Å². The number of carbonyl (C=O) groups excluding carboxylic acids is 1. The lowest BCUT2D eigenvalue weighted by Crippen LogP contribution is -2.13. The summed E-state index contributed by atoms with van der Waals surface area (Å²) in [7, 11) is 0. The fraction of sp³-hybridized carbons (Fsp3) is 0.107. The normalized spacial score (nSPS) is 10.9. The second-order valence-electron chi connectivity index (χ2n) is 8.17. The van der Waals surface area contributed by atoms with E-state index in [0.717, 1.165) is 44.9 Å². The summed E-state index contributed by atoms with van der Waals surface area (Å²) in [5.74, 6) is 1.28. The Hall–Kier alpha value is -4.45. The van der Waals surface area contributed by atoms with Crippen LogP contribution in [-0.4, -0.2) is 20.9 Å². The predicted octanol–water partition coefficient (Wildman–Crippen LogP) is 6.07. The predicted molar refractivity (Wildman–Crippen MR) is 134 cm³/mol. The standard InChI is InChI=1S/C28H24N4O2/c1-18-15-19(2)26(16-23(18)27-30-24-8-3-4-9-25(24)31-27)32-28(33)20-10-12-22(13-11-20)34-17-21-7-5-6-14-29-21/h3-16H,17H2,1-2H3,(H,30,31)(H,32,33). The molecule has 0 bridgehead atoms. The Bertz CT molecular complexity index is 1420. The van der Waals surface area contributed by atoms with Gasteiger partial charge in [-0.15, -0.1) is 0 Å². The molecule has 2 heterocycles. The first-order valence-electron chi connectivity index (χ1n) is 11.1. The van der Waals surface area contributed by atoms with Crippen LogP contribution in [0.4, 0.5) is 5.69 Å². The Morgan fingerprint density at radius 3 is 2.50 bits per heavy atom. The van der Waals surface area contributed by atoms with E-state index in [1.54, 1.807) is 30.5 Å². The van der Waals surface area contributed by atoms with E-state index in [2.05, 4.69) is 21.4 Å². The number of benzene rings is 3. The number of fused-ring (bicyclic) bond motifs is 1. The maximum Gasteiger partial charge on any atom is 0.255 e. The molecule has 0 saturated carbocycles. The highest BCUT2D eigenvalue weighted by Crippen LogP contribution is 2.29. The molecule has 2 aromatic heterocycles. The van der Waals surface area contributed by atoms with Gasteiger partial charge in [-0.25, -0.2) is 4.98 Å². The number of H-pyrrole nitrogens is 1. The number of nitrogens with zero attached hydrogens (tertiary/aromatic N) is 2. The number of pyridine rings is 1. The first-order valence-corrected chi connectivity index (χ1v) is 11.1. The number of ether oxygens (including phenoxy) is 1. The van der Waals surface area contributed by atoms with Crippen LogP contribution in [0.25, 0.3) is 22.4 Å². The molecule has 0 aliphatic heterocycles. The van der Waals surface area contributed by atoms with Gasteiger partial charge in [0.05, 0.1) is 16.7 Å². The molecule has 0 spiro atoms. The van der Waals surface area contributed by atoms with Gasteiger partial charge < -0.3 is 15.0 Å². The summed E-state index contributed by atoms with van der Waals surface area (Å²) in [6, 6.07) is 24.8. The number of aromatic amines is 1. The molecular weight excluding hydrogens is 424 g/mol. The van der Waals surface area contributed by atoms with E-state index in [-0.39, 0.29) is 5.91 Å². The molecule has 0 aliphatic carbocycles. The monoisotopic (exact) mass is 448 g/mol. The van der Waals surface area contributed by atoms with Gasteiger partial charge in [-0.1, -0.05) is 24.3 Å². The van der Waals surface area contributed by atoms with E-state index in [9.17, 15) is 4.79 Å². The number of hydrogen-bond donors (Lipinski definition) is 2. The number of imidazole rings is 1. The molecule has 6 nitrogen and oxygen atoms in total. The third-order valence-corrected chi connectivity index (χ3v) is 5.69. The van der Waals surface area contributed by atoms with Crippen molar-refractivity contribution in [1.82, 2.24) is 15.0 Å². The maximum absolute atomic E-state index is 12.9. The molecule has 5 rings (SSSR count). The van der Waals surface area contributed by atoms with Crippen molar-refractivity contribution in [1.29, 1.82) is 0 Å². The van der Waals surface area contributed by atoms with Crippen molar-refractivity contribution in [3.05, 3.63) is 107 Å². The Labute approximate surface area is 197 Å². The summed E-state index contributed by atoms with van der Waals surface area (Å²) in [5, 5.41) is 3.04. The van der Waals surface area contributed by atoms with Crippen LogP contribution in [0.2, 0.25) is 0 Å². The second-order valence-corrected chi connectivity index (χ2v) is 8.17. The topological polar surface area (TPSA) is 79.9 Å². The summed E-state index contributed by atoms with van der Waals surface area (Å²) in [5.41, 5.74) is 7.07. The van der Waals surface area contributed by atoms with Gasteiger partial charge in [0.2, 0.25) is 0 Å². The van der Waals surface area contributed by atoms with Gasteiger partial charge in [-0.3, -0.25) is 9.78 Å². The summed E-state index contributed by atoms with van der Waals surface area (Å²) >= 11 is 0. The molecule has 2 N–H and O–H groups in total. The first kappa shape index (κ1) is 21.4. The SMILES string of the molecule is Cc1cc(C)c(-c2nc3ccccc3[nH]2)cc1NC(=O)c1ccc(OCc2ccccn2)cc1. The lowest BCUT2D eigenvalue weighted by molar-refractivity contribution is 0.102. The third-order valence-electron chi connectivity index (χ3n) is 5.69. The lowest BCUT2D eigenvalue weighted by Gasteiger charge is -2.13. The van der Waals surface area contributed by atoms with E-state index in [1.165, 1.54) is 0 Å². The number of nitrogens with one attached hydrogen (secondary N) is 2.